The average molecular weight is 296 g/mol. The van der Waals surface area contributed by atoms with Crippen molar-refractivity contribution in [2.45, 2.75) is 24.8 Å². The van der Waals surface area contributed by atoms with Crippen molar-refractivity contribution in [1.29, 1.82) is 0 Å². The Hall–Kier alpha value is -2.02. The molecule has 1 heterocycles. The number of rotatable bonds is 2. The summed E-state index contributed by atoms with van der Waals surface area (Å²) in [6.45, 7) is 3.30. The van der Waals surface area contributed by atoms with E-state index in [9.17, 15) is 18.3 Å². The number of fused-ring (bicyclic) bond motifs is 1. The van der Waals surface area contributed by atoms with Crippen LogP contribution in [0, 0.1) is 0 Å². The normalized spacial score (nSPS) is 19.8. The van der Waals surface area contributed by atoms with Gasteiger partial charge in [0, 0.05) is 12.6 Å². The lowest BCUT2D eigenvalue weighted by molar-refractivity contribution is -0.359. The second kappa shape index (κ2) is 4.82. The van der Waals surface area contributed by atoms with Gasteiger partial charge in [-0.1, -0.05) is 32.0 Å². The molecule has 1 aromatic rings. The molecule has 0 saturated heterocycles. The second-order valence-electron chi connectivity index (χ2n) is 4.60. The Labute approximate surface area is 117 Å². The molecule has 0 aliphatic carbocycles. The number of hydrogen-bond donors (Lipinski definition) is 0. The Balaban J connectivity index is 2.75. The summed E-state index contributed by atoms with van der Waals surface area (Å²) in [7, 11) is -2.79. The van der Waals surface area contributed by atoms with Crippen LogP contribution >= 0.6 is 0 Å². The van der Waals surface area contributed by atoms with Gasteiger partial charge in [-0.25, -0.2) is 12.7 Å². The van der Waals surface area contributed by atoms with Crippen LogP contribution in [-0.2, 0) is 19.6 Å². The number of hydrogen-bond acceptors (Lipinski definition) is 5. The Morgan fingerprint density at radius 3 is 2.50 bits per heavy atom. The lowest BCUT2D eigenvalue weighted by Crippen LogP contribution is -2.40. The third-order valence-electron chi connectivity index (χ3n) is 2.84. The fourth-order valence-corrected chi connectivity index (χ4v) is 3.20. The first-order chi connectivity index (χ1) is 9.26. The Bertz CT molecular complexity index is 690. The lowest BCUT2D eigenvalue weighted by Gasteiger charge is -2.30. The van der Waals surface area contributed by atoms with Gasteiger partial charge in [0.15, 0.2) is 0 Å². The molecule has 0 aromatic heterocycles. The first kappa shape index (κ1) is 14.4. The third-order valence-corrected chi connectivity index (χ3v) is 4.64. The van der Waals surface area contributed by atoms with E-state index in [0.717, 1.165) is 7.05 Å². The summed E-state index contributed by atoms with van der Waals surface area (Å²) in [5.41, 5.74) is -0.173. The molecule has 1 amide bonds. The van der Waals surface area contributed by atoms with Crippen LogP contribution in [0.4, 0.5) is 0 Å². The molecule has 7 heteroatoms. The zero-order valence-electron chi connectivity index (χ0n) is 11.3. The molecule has 0 spiro atoms. The number of carbonyl (C=O) groups is 1. The van der Waals surface area contributed by atoms with Crippen LogP contribution < -0.4 is 5.11 Å². The fourth-order valence-electron chi connectivity index (χ4n) is 1.90. The molecule has 108 valence electrons. The van der Waals surface area contributed by atoms with Gasteiger partial charge in [0.05, 0.1) is 16.4 Å². The molecule has 0 atom stereocenters. The van der Waals surface area contributed by atoms with Crippen molar-refractivity contribution in [3.63, 3.8) is 0 Å². The van der Waals surface area contributed by atoms with Gasteiger partial charge >= 0.3 is 0 Å². The molecule has 1 aliphatic heterocycles. The molecule has 6 nitrogen and oxygen atoms in total. The van der Waals surface area contributed by atoms with Gasteiger partial charge in [-0.15, -0.1) is 0 Å². The number of carbonyl (C=O) groups excluding carboxylic acids is 1. The summed E-state index contributed by atoms with van der Waals surface area (Å²) in [4.78, 5) is 12.1. The molecule has 0 radical (unpaired) electrons. The quantitative estimate of drug-likeness (QED) is 0.579. The summed E-state index contributed by atoms with van der Waals surface area (Å²) in [5.74, 6) is -1.70. The molecule has 20 heavy (non-hydrogen) atoms. The van der Waals surface area contributed by atoms with Gasteiger partial charge in [0.25, 0.3) is 15.9 Å². The molecule has 0 N–H and O–H groups in total. The van der Waals surface area contributed by atoms with E-state index >= 15 is 0 Å². The summed E-state index contributed by atoms with van der Waals surface area (Å²) in [6.07, 6.45) is -0.404. The van der Waals surface area contributed by atoms with E-state index in [1.54, 1.807) is 19.9 Å². The Morgan fingerprint density at radius 1 is 1.30 bits per heavy atom. The first-order valence-corrected chi connectivity index (χ1v) is 7.41. The molecule has 1 aliphatic rings. The third kappa shape index (κ3) is 2.14. The maximum Gasteiger partial charge on any atom is 0.269 e. The standard InChI is InChI=1S/C13H15NO5S/c1-8(2)19-13(16)11-9-6-4-5-7-10(9)20(17,18)14(3)12(11)15/h4-8,16H,1-3H3/p-1/b13-11-. The van der Waals surface area contributed by atoms with Gasteiger partial charge in [-0.2, -0.15) is 0 Å². The van der Waals surface area contributed by atoms with Crippen molar-refractivity contribution in [2.75, 3.05) is 7.05 Å². The summed E-state index contributed by atoms with van der Waals surface area (Å²) >= 11 is 0. The molecule has 2 rings (SSSR count). The second-order valence-corrected chi connectivity index (χ2v) is 6.54. The van der Waals surface area contributed by atoms with E-state index in [2.05, 4.69) is 0 Å². The number of ether oxygens (including phenoxy) is 1. The van der Waals surface area contributed by atoms with E-state index in [4.69, 9.17) is 4.74 Å². The summed E-state index contributed by atoms with van der Waals surface area (Å²) in [6, 6.07) is 5.88. The molecule has 0 fully saturated rings. The highest BCUT2D eigenvalue weighted by Crippen LogP contribution is 2.34. The van der Waals surface area contributed by atoms with Gasteiger partial charge in [0.1, 0.15) is 0 Å². The predicted molar refractivity (Wildman–Crippen MR) is 69.5 cm³/mol. The molecule has 0 bridgehead atoms. The van der Waals surface area contributed by atoms with Crippen LogP contribution in [0.15, 0.2) is 35.1 Å². The molecule has 0 unspecified atom stereocenters. The number of likely N-dealkylation sites (N-methyl/N-ethyl adjacent to an activating group) is 1. The van der Waals surface area contributed by atoms with E-state index in [1.807, 2.05) is 0 Å². The highest BCUT2D eigenvalue weighted by atomic mass is 32.2. The van der Waals surface area contributed by atoms with Gasteiger partial charge < -0.3 is 9.84 Å². The van der Waals surface area contributed by atoms with Crippen LogP contribution in [0.25, 0.3) is 5.57 Å². The van der Waals surface area contributed by atoms with Gasteiger partial charge in [0.2, 0.25) is 0 Å². The Morgan fingerprint density at radius 2 is 1.90 bits per heavy atom. The first-order valence-electron chi connectivity index (χ1n) is 5.97. The van der Waals surface area contributed by atoms with Crippen molar-refractivity contribution < 1.29 is 23.1 Å². The molecule has 1 aromatic carbocycles. The highest BCUT2D eigenvalue weighted by molar-refractivity contribution is 7.90. The minimum Gasteiger partial charge on any atom is -0.610 e. The van der Waals surface area contributed by atoms with Crippen molar-refractivity contribution in [1.82, 2.24) is 4.31 Å². The van der Waals surface area contributed by atoms with E-state index < -0.39 is 28.0 Å². The highest BCUT2D eigenvalue weighted by Gasteiger charge is 2.37. The van der Waals surface area contributed by atoms with Crippen molar-refractivity contribution in [3.8, 4) is 0 Å². The van der Waals surface area contributed by atoms with E-state index in [-0.39, 0.29) is 16.0 Å². The van der Waals surface area contributed by atoms with Gasteiger partial charge in [-0.05, 0) is 12.2 Å². The number of benzene rings is 1. The molecule has 0 saturated carbocycles. The van der Waals surface area contributed by atoms with Crippen LogP contribution in [0.2, 0.25) is 0 Å². The number of sulfonamides is 1. The maximum absolute atomic E-state index is 12.1. The SMILES string of the molecule is CC(C)O/C([O-])=C1\C(=O)N(C)S(=O)(=O)c2ccccc21. The largest absolute Gasteiger partial charge is 0.610 e. The van der Waals surface area contributed by atoms with Crippen molar-refractivity contribution in [3.05, 3.63) is 35.8 Å². The predicted octanol–water partition coefficient (Wildman–Crippen LogP) is 0.301. The van der Waals surface area contributed by atoms with Crippen molar-refractivity contribution in [2.24, 2.45) is 0 Å². The Kier molecular flexibility index (Phi) is 3.47. The zero-order valence-corrected chi connectivity index (χ0v) is 12.1. The van der Waals surface area contributed by atoms with E-state index in [0.29, 0.717) is 4.31 Å². The summed E-state index contributed by atoms with van der Waals surface area (Å²) in [5, 5.41) is 12.0. The molecular weight excluding hydrogens is 282 g/mol. The zero-order chi connectivity index (χ0) is 15.1. The fraction of sp³-hybridized carbons (Fsp3) is 0.308. The van der Waals surface area contributed by atoms with E-state index in [1.165, 1.54) is 18.2 Å². The minimum absolute atomic E-state index is 0.0715. The van der Waals surface area contributed by atoms with Crippen LogP contribution in [0.1, 0.15) is 19.4 Å². The van der Waals surface area contributed by atoms with Crippen LogP contribution in [0.3, 0.4) is 0 Å². The molecular formula is C13H14NO5S-. The van der Waals surface area contributed by atoms with Gasteiger partial charge in [-0.3, -0.25) is 4.79 Å². The smallest absolute Gasteiger partial charge is 0.269 e. The van der Waals surface area contributed by atoms with Crippen LogP contribution in [0.5, 0.6) is 0 Å². The van der Waals surface area contributed by atoms with Crippen molar-refractivity contribution >= 4 is 21.5 Å². The minimum atomic E-state index is -3.91. The monoisotopic (exact) mass is 296 g/mol. The summed E-state index contributed by atoms with van der Waals surface area (Å²) < 4.78 is 29.9. The topological polar surface area (TPSA) is 86.7 Å². The average Bonchev–Trinajstić information content (AvgIpc) is 2.36. The van der Waals surface area contributed by atoms with Crippen LogP contribution in [-0.4, -0.2) is 31.8 Å². The number of nitrogens with zero attached hydrogens (tertiary/aromatic N) is 1. The maximum atomic E-state index is 12.1. The number of amides is 1. The lowest BCUT2D eigenvalue weighted by atomic mass is 10.1.